The van der Waals surface area contributed by atoms with Crippen LogP contribution in [0, 0.1) is 12.8 Å². The number of pyridine rings is 1. The zero-order chi connectivity index (χ0) is 24.4. The minimum atomic E-state index is -1.11. The molecule has 4 rings (SSSR count). The number of carbonyl (C=O) groups is 3. The third kappa shape index (κ3) is 4.94. The summed E-state index contributed by atoms with van der Waals surface area (Å²) in [7, 11) is 4.08. The Hall–Kier alpha value is -3.72. The molecule has 0 spiro atoms. The molecule has 1 aromatic carbocycles. The number of aryl methyl sites for hydroxylation is 1. The number of amides is 2. The maximum absolute atomic E-state index is 13.1. The van der Waals surface area contributed by atoms with E-state index in [1.165, 1.54) is 18.2 Å². The lowest BCUT2D eigenvalue weighted by molar-refractivity contribution is -0.121. The van der Waals surface area contributed by atoms with E-state index in [0.717, 1.165) is 31.2 Å². The van der Waals surface area contributed by atoms with Crippen LogP contribution in [0.5, 0.6) is 0 Å². The van der Waals surface area contributed by atoms with Gasteiger partial charge in [-0.15, -0.1) is 0 Å². The van der Waals surface area contributed by atoms with Crippen molar-refractivity contribution in [3.05, 3.63) is 53.4 Å². The van der Waals surface area contributed by atoms with E-state index >= 15 is 0 Å². The molecule has 0 aliphatic heterocycles. The van der Waals surface area contributed by atoms with Gasteiger partial charge in [0.05, 0.1) is 5.56 Å². The van der Waals surface area contributed by atoms with Crippen LogP contribution < -0.4 is 10.6 Å². The van der Waals surface area contributed by atoms with Gasteiger partial charge in [0.25, 0.3) is 5.91 Å². The zero-order valence-electron chi connectivity index (χ0n) is 19.4. The third-order valence-corrected chi connectivity index (χ3v) is 6.34. The molecule has 178 valence electrons. The van der Waals surface area contributed by atoms with Gasteiger partial charge in [0.2, 0.25) is 11.7 Å². The molecule has 1 aliphatic rings. The highest BCUT2D eigenvalue weighted by atomic mass is 16.4. The maximum Gasteiger partial charge on any atom is 0.335 e. The van der Waals surface area contributed by atoms with Crippen molar-refractivity contribution in [1.82, 2.24) is 9.88 Å². The summed E-state index contributed by atoms with van der Waals surface area (Å²) in [6.45, 7) is 1.89. The number of carboxylic acids is 1. The standard InChI is InChI=1S/C25H28N4O5/c1-14-4-11-20(26-13-14)27-24(31)22-21(18-12-16(25(32)33)7-10-19(18)34-22)28-23(30)15-5-8-17(9-6-15)29(2)3/h4,7,10-13,15,17H,5-6,8-9H2,1-3H3,(H,28,30)(H,32,33)(H,26,27,31)/t15-,17-. The van der Waals surface area contributed by atoms with E-state index in [4.69, 9.17) is 4.42 Å². The van der Waals surface area contributed by atoms with Gasteiger partial charge in [-0.3, -0.25) is 9.59 Å². The fourth-order valence-corrected chi connectivity index (χ4v) is 4.31. The minimum Gasteiger partial charge on any atom is -0.478 e. The van der Waals surface area contributed by atoms with Gasteiger partial charge >= 0.3 is 5.97 Å². The molecule has 1 fully saturated rings. The quantitative estimate of drug-likeness (QED) is 0.500. The Bertz CT molecular complexity index is 1220. The summed E-state index contributed by atoms with van der Waals surface area (Å²) in [5, 5.41) is 15.3. The summed E-state index contributed by atoms with van der Waals surface area (Å²) in [5.74, 6) is -1.87. The second-order valence-electron chi connectivity index (χ2n) is 8.96. The summed E-state index contributed by atoms with van der Waals surface area (Å²) in [4.78, 5) is 44.1. The normalized spacial score (nSPS) is 18.1. The van der Waals surface area contributed by atoms with Crippen molar-refractivity contribution in [3.63, 3.8) is 0 Å². The monoisotopic (exact) mass is 464 g/mol. The van der Waals surface area contributed by atoms with E-state index in [-0.39, 0.29) is 28.8 Å². The number of rotatable bonds is 6. The summed E-state index contributed by atoms with van der Waals surface area (Å²) in [5.41, 5.74) is 1.45. The first kappa shape index (κ1) is 23.4. The molecule has 1 aliphatic carbocycles. The van der Waals surface area contributed by atoms with E-state index < -0.39 is 11.9 Å². The number of carbonyl (C=O) groups excluding carboxylic acids is 2. The molecular formula is C25H28N4O5. The molecule has 0 saturated heterocycles. The van der Waals surface area contributed by atoms with Crippen molar-refractivity contribution in [2.24, 2.45) is 5.92 Å². The predicted molar refractivity (Wildman–Crippen MR) is 128 cm³/mol. The number of carboxylic acid groups (broad SMARTS) is 1. The van der Waals surface area contributed by atoms with Gasteiger partial charge in [0.1, 0.15) is 17.1 Å². The fourth-order valence-electron chi connectivity index (χ4n) is 4.31. The number of fused-ring (bicyclic) bond motifs is 1. The number of hydrogen-bond acceptors (Lipinski definition) is 6. The second kappa shape index (κ2) is 9.64. The van der Waals surface area contributed by atoms with Crippen LogP contribution in [0.25, 0.3) is 11.0 Å². The van der Waals surface area contributed by atoms with E-state index in [1.54, 1.807) is 12.3 Å². The first-order valence-corrected chi connectivity index (χ1v) is 11.2. The van der Waals surface area contributed by atoms with Crippen LogP contribution in [0.3, 0.4) is 0 Å². The summed E-state index contributed by atoms with van der Waals surface area (Å²) in [6, 6.07) is 8.21. The average molecular weight is 465 g/mol. The number of aromatic nitrogens is 1. The van der Waals surface area contributed by atoms with Gasteiger partial charge in [-0.05, 0) is 76.5 Å². The first-order valence-electron chi connectivity index (χ1n) is 11.2. The third-order valence-electron chi connectivity index (χ3n) is 6.34. The van der Waals surface area contributed by atoms with Gasteiger partial charge in [0.15, 0.2) is 0 Å². The highest BCUT2D eigenvalue weighted by Gasteiger charge is 2.30. The highest BCUT2D eigenvalue weighted by Crippen LogP contribution is 2.34. The lowest BCUT2D eigenvalue weighted by Crippen LogP contribution is -2.35. The molecule has 0 atom stereocenters. The molecule has 0 bridgehead atoms. The van der Waals surface area contributed by atoms with Gasteiger partial charge in [-0.2, -0.15) is 0 Å². The van der Waals surface area contributed by atoms with Crippen LogP contribution in [-0.4, -0.2) is 52.9 Å². The molecular weight excluding hydrogens is 436 g/mol. The number of benzene rings is 1. The van der Waals surface area contributed by atoms with Crippen molar-refractivity contribution in [3.8, 4) is 0 Å². The summed E-state index contributed by atoms with van der Waals surface area (Å²) < 4.78 is 5.77. The topological polar surface area (TPSA) is 125 Å². The Morgan fingerprint density at radius 1 is 1.06 bits per heavy atom. The van der Waals surface area contributed by atoms with Gasteiger partial charge in [0, 0.05) is 23.5 Å². The lowest BCUT2D eigenvalue weighted by atomic mass is 9.85. The molecule has 9 nitrogen and oxygen atoms in total. The fraction of sp³-hybridized carbons (Fsp3) is 0.360. The van der Waals surface area contributed by atoms with E-state index in [0.29, 0.717) is 22.8 Å². The van der Waals surface area contributed by atoms with Crippen molar-refractivity contribution in [1.29, 1.82) is 0 Å². The Balaban J connectivity index is 1.64. The average Bonchev–Trinajstić information content (AvgIpc) is 3.18. The van der Waals surface area contributed by atoms with Crippen LogP contribution in [0.2, 0.25) is 0 Å². The number of aromatic carboxylic acids is 1. The Kier molecular flexibility index (Phi) is 6.65. The zero-order valence-corrected chi connectivity index (χ0v) is 19.4. The summed E-state index contributed by atoms with van der Waals surface area (Å²) >= 11 is 0. The second-order valence-corrected chi connectivity index (χ2v) is 8.96. The van der Waals surface area contributed by atoms with Gasteiger partial charge in [-0.1, -0.05) is 6.07 Å². The number of nitrogens with zero attached hydrogens (tertiary/aromatic N) is 2. The number of nitrogens with one attached hydrogen (secondary N) is 2. The maximum atomic E-state index is 13.1. The van der Waals surface area contributed by atoms with Crippen molar-refractivity contribution >= 4 is 40.3 Å². The van der Waals surface area contributed by atoms with Crippen LogP contribution in [0.15, 0.2) is 40.9 Å². The van der Waals surface area contributed by atoms with Crippen molar-refractivity contribution in [2.75, 3.05) is 24.7 Å². The lowest BCUT2D eigenvalue weighted by Gasteiger charge is -2.31. The molecule has 2 amide bonds. The van der Waals surface area contributed by atoms with Gasteiger partial charge < -0.3 is 25.1 Å². The van der Waals surface area contributed by atoms with Crippen molar-refractivity contribution < 1.29 is 23.9 Å². The molecule has 3 N–H and O–H groups in total. The van der Waals surface area contributed by atoms with Crippen LogP contribution in [0.4, 0.5) is 11.5 Å². The smallest absolute Gasteiger partial charge is 0.335 e. The minimum absolute atomic E-state index is 0.0300. The van der Waals surface area contributed by atoms with Crippen molar-refractivity contribution in [2.45, 2.75) is 38.6 Å². The number of anilines is 2. The molecule has 2 aromatic heterocycles. The molecule has 0 radical (unpaired) electrons. The van der Waals surface area contributed by atoms with E-state index in [2.05, 4.69) is 20.5 Å². The molecule has 2 heterocycles. The van der Waals surface area contributed by atoms with E-state index in [9.17, 15) is 19.5 Å². The molecule has 0 unspecified atom stereocenters. The molecule has 34 heavy (non-hydrogen) atoms. The highest BCUT2D eigenvalue weighted by molar-refractivity contribution is 6.15. The Labute approximate surface area is 197 Å². The van der Waals surface area contributed by atoms with Crippen LogP contribution in [-0.2, 0) is 4.79 Å². The van der Waals surface area contributed by atoms with Gasteiger partial charge in [-0.25, -0.2) is 9.78 Å². The number of hydrogen-bond donors (Lipinski definition) is 3. The van der Waals surface area contributed by atoms with E-state index in [1.807, 2.05) is 27.1 Å². The SMILES string of the molecule is Cc1ccc(NC(=O)c2oc3ccc(C(=O)O)cc3c2NC(=O)[C@H]2CC[C@H](N(C)C)CC2)nc1. The first-order chi connectivity index (χ1) is 16.2. The largest absolute Gasteiger partial charge is 0.478 e. The van der Waals surface area contributed by atoms with Crippen LogP contribution >= 0.6 is 0 Å². The Morgan fingerprint density at radius 3 is 2.41 bits per heavy atom. The summed E-state index contributed by atoms with van der Waals surface area (Å²) in [6.07, 6.45) is 4.92. The molecule has 9 heteroatoms. The molecule has 3 aromatic rings. The molecule has 1 saturated carbocycles. The number of furan rings is 1. The van der Waals surface area contributed by atoms with Crippen LogP contribution in [0.1, 0.15) is 52.2 Å². The predicted octanol–water partition coefficient (Wildman–Crippen LogP) is 4.15. The Morgan fingerprint density at radius 2 is 1.79 bits per heavy atom.